The molecule has 1 aromatic heterocycles. The molecular formula is C12H17NO5S2. The molecule has 0 bridgehead atoms. The van der Waals surface area contributed by atoms with Crippen LogP contribution in [0.4, 0.5) is 0 Å². The molecule has 0 radical (unpaired) electrons. The molecule has 1 saturated heterocycles. The molecule has 8 heteroatoms. The van der Waals surface area contributed by atoms with Gasteiger partial charge in [-0.05, 0) is 30.9 Å². The van der Waals surface area contributed by atoms with E-state index in [1.807, 2.05) is 0 Å². The van der Waals surface area contributed by atoms with Crippen LogP contribution in [0, 0.1) is 5.92 Å². The Morgan fingerprint density at radius 2 is 2.30 bits per heavy atom. The molecule has 1 fully saturated rings. The van der Waals surface area contributed by atoms with Crippen molar-refractivity contribution in [2.45, 2.75) is 23.5 Å². The van der Waals surface area contributed by atoms with E-state index in [1.165, 1.54) is 12.1 Å². The van der Waals surface area contributed by atoms with Crippen molar-refractivity contribution in [1.82, 2.24) is 4.72 Å². The number of hydrogen-bond donors (Lipinski definition) is 2. The summed E-state index contributed by atoms with van der Waals surface area (Å²) in [5, 5.41) is 8.67. The zero-order chi connectivity index (χ0) is 14.6. The molecular weight excluding hydrogens is 302 g/mol. The Kier molecular flexibility index (Phi) is 5.14. The van der Waals surface area contributed by atoms with Crippen LogP contribution in [0.15, 0.2) is 16.3 Å². The van der Waals surface area contributed by atoms with Crippen LogP contribution in [0.1, 0.15) is 17.7 Å². The number of nitrogens with one attached hydrogen (secondary N) is 1. The van der Waals surface area contributed by atoms with Crippen LogP contribution < -0.4 is 4.72 Å². The second-order valence-corrected chi connectivity index (χ2v) is 7.87. The van der Waals surface area contributed by atoms with Crippen LogP contribution in [0.25, 0.3) is 0 Å². The van der Waals surface area contributed by atoms with Crippen molar-refractivity contribution in [3.8, 4) is 0 Å². The molecule has 2 rings (SSSR count). The quantitative estimate of drug-likeness (QED) is 0.784. The van der Waals surface area contributed by atoms with Crippen molar-refractivity contribution in [2.24, 2.45) is 5.92 Å². The Morgan fingerprint density at radius 3 is 2.95 bits per heavy atom. The molecule has 2 N–H and O–H groups in total. The largest absolute Gasteiger partial charge is 0.481 e. The number of rotatable bonds is 7. The monoisotopic (exact) mass is 319 g/mol. The summed E-state index contributed by atoms with van der Waals surface area (Å²) >= 11 is 0.995. The van der Waals surface area contributed by atoms with Crippen LogP contribution in [0.5, 0.6) is 0 Å². The van der Waals surface area contributed by atoms with Crippen LogP contribution in [-0.4, -0.2) is 39.3 Å². The van der Waals surface area contributed by atoms with Gasteiger partial charge in [-0.2, -0.15) is 0 Å². The third kappa shape index (κ3) is 4.27. The van der Waals surface area contributed by atoms with E-state index in [1.54, 1.807) is 0 Å². The number of hydrogen-bond acceptors (Lipinski definition) is 5. The van der Waals surface area contributed by atoms with Crippen LogP contribution >= 0.6 is 11.3 Å². The molecule has 0 aliphatic carbocycles. The lowest BCUT2D eigenvalue weighted by atomic mass is 10.1. The van der Waals surface area contributed by atoms with Gasteiger partial charge in [0.1, 0.15) is 4.21 Å². The van der Waals surface area contributed by atoms with E-state index in [0.717, 1.165) is 30.8 Å². The predicted molar refractivity (Wildman–Crippen MR) is 74.4 cm³/mol. The van der Waals surface area contributed by atoms with Gasteiger partial charge in [-0.25, -0.2) is 13.1 Å². The molecule has 1 unspecified atom stereocenters. The van der Waals surface area contributed by atoms with Gasteiger partial charge < -0.3 is 9.84 Å². The third-order valence-electron chi connectivity index (χ3n) is 3.10. The summed E-state index contributed by atoms with van der Waals surface area (Å²) in [5.74, 6) is -0.548. The lowest BCUT2D eigenvalue weighted by molar-refractivity contribution is -0.136. The molecule has 1 aromatic rings. The maximum absolute atomic E-state index is 12.0. The highest BCUT2D eigenvalue weighted by Crippen LogP contribution is 2.22. The zero-order valence-electron chi connectivity index (χ0n) is 10.9. The first kappa shape index (κ1) is 15.4. The van der Waals surface area contributed by atoms with E-state index in [-0.39, 0.29) is 10.6 Å². The summed E-state index contributed by atoms with van der Waals surface area (Å²) in [6, 6.07) is 2.99. The number of sulfonamides is 1. The maximum Gasteiger partial charge on any atom is 0.308 e. The molecule has 0 spiro atoms. The Balaban J connectivity index is 1.88. The van der Waals surface area contributed by atoms with Gasteiger partial charge in [-0.1, -0.05) is 0 Å². The second kappa shape index (κ2) is 6.66. The van der Waals surface area contributed by atoms with E-state index in [4.69, 9.17) is 9.84 Å². The smallest absolute Gasteiger partial charge is 0.308 e. The molecule has 1 atom stereocenters. The fourth-order valence-corrected chi connectivity index (χ4v) is 4.47. The molecule has 1 aliphatic rings. The number of carboxylic acids is 1. The van der Waals surface area contributed by atoms with E-state index in [9.17, 15) is 13.2 Å². The van der Waals surface area contributed by atoms with Crippen LogP contribution in [-0.2, 0) is 26.0 Å². The van der Waals surface area contributed by atoms with Gasteiger partial charge in [0.2, 0.25) is 10.0 Å². The first-order valence-electron chi connectivity index (χ1n) is 6.35. The van der Waals surface area contributed by atoms with Crippen molar-refractivity contribution in [1.29, 1.82) is 0 Å². The lowest BCUT2D eigenvalue weighted by Crippen LogP contribution is -2.25. The fraction of sp³-hybridized carbons (Fsp3) is 0.583. The minimum atomic E-state index is -3.53. The third-order valence-corrected chi connectivity index (χ3v) is 6.13. The highest BCUT2D eigenvalue weighted by atomic mass is 32.2. The summed E-state index contributed by atoms with van der Waals surface area (Å²) < 4.78 is 32.0. The van der Waals surface area contributed by atoms with Gasteiger partial charge in [-0.3, -0.25) is 4.79 Å². The number of carboxylic acid groups (broad SMARTS) is 1. The standard InChI is InChI=1S/C12H17NO5S2/c14-11(15)7-10-1-2-12(19-10)20(16,17)13-5-3-9-4-6-18-8-9/h1-2,9,13H,3-8H2,(H,14,15). The molecule has 6 nitrogen and oxygen atoms in total. The number of aliphatic carboxylic acids is 1. The summed E-state index contributed by atoms with van der Waals surface area (Å²) in [5.41, 5.74) is 0. The summed E-state index contributed by atoms with van der Waals surface area (Å²) in [4.78, 5) is 11.1. The Bertz CT molecular complexity index is 560. The van der Waals surface area contributed by atoms with Crippen LogP contribution in [0.2, 0.25) is 0 Å². The minimum absolute atomic E-state index is 0.153. The SMILES string of the molecule is O=C(O)Cc1ccc(S(=O)(=O)NCCC2CCOC2)s1. The van der Waals surface area contributed by atoms with Crippen molar-refractivity contribution >= 4 is 27.3 Å². The van der Waals surface area contributed by atoms with E-state index in [2.05, 4.69) is 4.72 Å². The number of ether oxygens (including phenoxy) is 1. The van der Waals surface area contributed by atoms with E-state index >= 15 is 0 Å². The normalized spacial score (nSPS) is 19.3. The first-order chi connectivity index (χ1) is 9.47. The Labute approximate surface area is 121 Å². The summed E-state index contributed by atoms with van der Waals surface area (Å²) in [6.45, 7) is 1.83. The van der Waals surface area contributed by atoms with Gasteiger partial charge in [0.25, 0.3) is 0 Å². The Hall–Kier alpha value is -0.960. The molecule has 112 valence electrons. The Morgan fingerprint density at radius 1 is 1.50 bits per heavy atom. The van der Waals surface area contributed by atoms with E-state index < -0.39 is 16.0 Å². The summed E-state index contributed by atoms with van der Waals surface area (Å²) in [6.07, 6.45) is 1.58. The van der Waals surface area contributed by atoms with Crippen molar-refractivity contribution in [2.75, 3.05) is 19.8 Å². The molecule has 2 heterocycles. The molecule has 0 aromatic carbocycles. The molecule has 0 saturated carbocycles. The van der Waals surface area contributed by atoms with Gasteiger partial charge in [0.15, 0.2) is 0 Å². The van der Waals surface area contributed by atoms with Gasteiger partial charge in [-0.15, -0.1) is 11.3 Å². The van der Waals surface area contributed by atoms with Crippen LogP contribution in [0.3, 0.4) is 0 Å². The molecule has 0 amide bonds. The summed E-state index contributed by atoms with van der Waals surface area (Å²) in [7, 11) is -3.53. The zero-order valence-corrected chi connectivity index (χ0v) is 12.5. The van der Waals surface area contributed by atoms with Crippen molar-refractivity contribution in [3.05, 3.63) is 17.0 Å². The number of thiophene rings is 1. The van der Waals surface area contributed by atoms with Crippen molar-refractivity contribution < 1.29 is 23.1 Å². The molecule has 20 heavy (non-hydrogen) atoms. The highest BCUT2D eigenvalue weighted by Gasteiger charge is 2.19. The first-order valence-corrected chi connectivity index (χ1v) is 8.65. The van der Waals surface area contributed by atoms with Crippen molar-refractivity contribution in [3.63, 3.8) is 0 Å². The average Bonchev–Trinajstić information content (AvgIpc) is 2.99. The van der Waals surface area contributed by atoms with Gasteiger partial charge in [0.05, 0.1) is 6.42 Å². The predicted octanol–water partition coefficient (Wildman–Crippen LogP) is 1.08. The van der Waals surface area contributed by atoms with E-state index in [0.29, 0.717) is 23.9 Å². The lowest BCUT2D eigenvalue weighted by Gasteiger charge is -2.08. The fourth-order valence-electron chi connectivity index (χ4n) is 2.03. The minimum Gasteiger partial charge on any atom is -0.481 e. The topological polar surface area (TPSA) is 92.7 Å². The van der Waals surface area contributed by atoms with Gasteiger partial charge in [0, 0.05) is 24.6 Å². The second-order valence-electron chi connectivity index (χ2n) is 4.71. The van der Waals surface area contributed by atoms with Gasteiger partial charge >= 0.3 is 5.97 Å². The maximum atomic E-state index is 12.0. The average molecular weight is 319 g/mol. The highest BCUT2D eigenvalue weighted by molar-refractivity contribution is 7.91. The number of carbonyl (C=O) groups is 1. The molecule has 1 aliphatic heterocycles.